The zero-order valence-corrected chi connectivity index (χ0v) is 19.3. The maximum Gasteiger partial charge on any atom is 0.416 e. The molecule has 2 unspecified atom stereocenters. The molecule has 0 bridgehead atoms. The SMILES string of the molecule is CN(Cc1ccc(N2CCCC2)cc1C(F)(F)F)C1CC2CN(C(=O)n3cc(N)cn3)CC2C1. The van der Waals surface area contributed by atoms with Gasteiger partial charge in [-0.15, -0.1) is 0 Å². The molecule has 1 amide bonds. The molecule has 3 fully saturated rings. The number of hydrogen-bond donors (Lipinski definition) is 1. The molecule has 2 N–H and O–H groups in total. The summed E-state index contributed by atoms with van der Waals surface area (Å²) in [5, 5.41) is 4.00. The predicted octanol–water partition coefficient (Wildman–Crippen LogP) is 3.89. The number of fused-ring (bicyclic) bond motifs is 1. The average Bonchev–Trinajstić information content (AvgIpc) is 3.56. The lowest BCUT2D eigenvalue weighted by molar-refractivity contribution is -0.138. The molecule has 1 aromatic heterocycles. The van der Waals surface area contributed by atoms with Crippen LogP contribution in [-0.4, -0.2) is 64.9 Å². The van der Waals surface area contributed by atoms with Crippen molar-refractivity contribution in [2.24, 2.45) is 11.8 Å². The van der Waals surface area contributed by atoms with Crippen molar-refractivity contribution in [1.29, 1.82) is 0 Å². The number of likely N-dealkylation sites (tertiary alicyclic amines) is 1. The maximum absolute atomic E-state index is 13.9. The minimum atomic E-state index is -4.38. The Bertz CT molecular complexity index is 1030. The number of nitrogen functional groups attached to an aromatic ring is 1. The molecule has 1 saturated carbocycles. The molecule has 2 aromatic rings. The predicted molar refractivity (Wildman–Crippen MR) is 123 cm³/mol. The van der Waals surface area contributed by atoms with Gasteiger partial charge in [-0.05, 0) is 62.3 Å². The van der Waals surface area contributed by atoms with Gasteiger partial charge in [-0.25, -0.2) is 4.79 Å². The Morgan fingerprint density at radius 1 is 1.18 bits per heavy atom. The van der Waals surface area contributed by atoms with Gasteiger partial charge in [0.15, 0.2) is 0 Å². The molecule has 1 aromatic carbocycles. The Labute approximate surface area is 197 Å². The number of carbonyl (C=O) groups excluding carboxylic acids is 1. The van der Waals surface area contributed by atoms with Crippen LogP contribution in [0.2, 0.25) is 0 Å². The van der Waals surface area contributed by atoms with E-state index in [1.165, 1.54) is 23.1 Å². The normalized spacial score (nSPS) is 24.9. The van der Waals surface area contributed by atoms with Crippen LogP contribution in [0.15, 0.2) is 30.6 Å². The molecule has 0 radical (unpaired) electrons. The highest BCUT2D eigenvalue weighted by molar-refractivity contribution is 5.77. The third kappa shape index (κ3) is 4.47. The summed E-state index contributed by atoms with van der Waals surface area (Å²) in [6.45, 7) is 3.18. The number of benzene rings is 1. The monoisotopic (exact) mass is 476 g/mol. The van der Waals surface area contributed by atoms with Crippen LogP contribution in [0.1, 0.15) is 36.8 Å². The summed E-state index contributed by atoms with van der Waals surface area (Å²) in [5.74, 6) is 0.702. The fourth-order valence-corrected chi connectivity index (χ4v) is 5.91. The number of halogens is 3. The molecule has 2 saturated heterocycles. The molecular formula is C24H31F3N6O. The Hall–Kier alpha value is -2.75. The van der Waals surface area contributed by atoms with Crippen molar-refractivity contribution >= 4 is 17.4 Å². The second-order valence-electron chi connectivity index (χ2n) is 10.00. The summed E-state index contributed by atoms with van der Waals surface area (Å²) in [4.78, 5) is 18.5. The number of amides is 1. The van der Waals surface area contributed by atoms with Crippen molar-refractivity contribution in [3.8, 4) is 0 Å². The van der Waals surface area contributed by atoms with Crippen LogP contribution in [0.5, 0.6) is 0 Å². The molecule has 184 valence electrons. The quantitative estimate of drug-likeness (QED) is 0.725. The summed E-state index contributed by atoms with van der Waals surface area (Å²) in [5.41, 5.74) is 6.57. The van der Waals surface area contributed by atoms with E-state index >= 15 is 0 Å². The lowest BCUT2D eigenvalue weighted by atomic mass is 10.0. The van der Waals surface area contributed by atoms with Gasteiger partial charge in [0.1, 0.15) is 0 Å². The van der Waals surface area contributed by atoms with Crippen molar-refractivity contribution in [3.63, 3.8) is 0 Å². The summed E-state index contributed by atoms with van der Waals surface area (Å²) in [6, 6.07) is 4.83. The fourth-order valence-electron chi connectivity index (χ4n) is 5.91. The summed E-state index contributed by atoms with van der Waals surface area (Å²) in [7, 11) is 1.91. The Balaban J connectivity index is 1.23. The number of hydrogen-bond acceptors (Lipinski definition) is 5. The zero-order chi connectivity index (χ0) is 24.0. The molecule has 5 rings (SSSR count). The van der Waals surface area contributed by atoms with Crippen LogP contribution >= 0.6 is 0 Å². The van der Waals surface area contributed by atoms with E-state index in [1.54, 1.807) is 11.0 Å². The lowest BCUT2D eigenvalue weighted by Crippen LogP contribution is -2.36. The third-order valence-corrected chi connectivity index (χ3v) is 7.71. The Morgan fingerprint density at radius 2 is 1.85 bits per heavy atom. The molecule has 2 aliphatic heterocycles. The van der Waals surface area contributed by atoms with E-state index in [2.05, 4.69) is 10.00 Å². The van der Waals surface area contributed by atoms with Gasteiger partial charge in [0.25, 0.3) is 0 Å². The summed E-state index contributed by atoms with van der Waals surface area (Å²) >= 11 is 0. The first-order valence-electron chi connectivity index (χ1n) is 11.9. The second kappa shape index (κ2) is 8.79. The van der Waals surface area contributed by atoms with Crippen molar-refractivity contribution < 1.29 is 18.0 Å². The van der Waals surface area contributed by atoms with Crippen LogP contribution in [0.25, 0.3) is 0 Å². The molecule has 7 nitrogen and oxygen atoms in total. The first-order valence-corrected chi connectivity index (χ1v) is 11.9. The number of alkyl halides is 3. The van der Waals surface area contributed by atoms with Crippen LogP contribution in [0.3, 0.4) is 0 Å². The van der Waals surface area contributed by atoms with Crippen molar-refractivity contribution in [2.75, 3.05) is 43.9 Å². The Morgan fingerprint density at radius 3 is 2.44 bits per heavy atom. The number of carbonyl (C=O) groups is 1. The van der Waals surface area contributed by atoms with Gasteiger partial charge < -0.3 is 15.5 Å². The summed E-state index contributed by atoms with van der Waals surface area (Å²) < 4.78 is 43.0. The number of anilines is 2. The number of rotatable bonds is 4. The first-order chi connectivity index (χ1) is 16.2. The minimum Gasteiger partial charge on any atom is -0.396 e. The summed E-state index contributed by atoms with van der Waals surface area (Å²) in [6.07, 6.45) is 2.38. The highest BCUT2D eigenvalue weighted by atomic mass is 19.4. The third-order valence-electron chi connectivity index (χ3n) is 7.71. The topological polar surface area (TPSA) is 70.6 Å². The van der Waals surface area contributed by atoms with Crippen molar-refractivity contribution in [3.05, 3.63) is 41.7 Å². The van der Waals surface area contributed by atoms with E-state index in [-0.39, 0.29) is 18.6 Å². The van der Waals surface area contributed by atoms with E-state index in [9.17, 15) is 18.0 Å². The second-order valence-corrected chi connectivity index (χ2v) is 10.00. The van der Waals surface area contributed by atoms with Crippen molar-refractivity contribution in [1.82, 2.24) is 19.6 Å². The smallest absolute Gasteiger partial charge is 0.396 e. The number of aromatic nitrogens is 2. The highest BCUT2D eigenvalue weighted by Gasteiger charge is 2.44. The van der Waals surface area contributed by atoms with E-state index < -0.39 is 11.7 Å². The van der Waals surface area contributed by atoms with Crippen LogP contribution in [0.4, 0.5) is 29.3 Å². The zero-order valence-electron chi connectivity index (χ0n) is 19.3. The van der Waals surface area contributed by atoms with Gasteiger partial charge in [-0.3, -0.25) is 4.90 Å². The molecule has 34 heavy (non-hydrogen) atoms. The molecular weight excluding hydrogens is 445 g/mol. The molecule has 10 heteroatoms. The van der Waals surface area contributed by atoms with Crippen molar-refractivity contribution in [2.45, 2.75) is 44.4 Å². The minimum absolute atomic E-state index is 0.177. The molecule has 1 aliphatic carbocycles. The van der Waals surface area contributed by atoms with Gasteiger partial charge in [0.2, 0.25) is 0 Å². The largest absolute Gasteiger partial charge is 0.416 e. The lowest BCUT2D eigenvalue weighted by Gasteiger charge is -2.28. The van der Waals surface area contributed by atoms with E-state index in [4.69, 9.17) is 5.73 Å². The van der Waals surface area contributed by atoms with E-state index in [1.807, 2.05) is 18.0 Å². The fraction of sp³-hybridized carbons (Fsp3) is 0.583. The van der Waals surface area contributed by atoms with Crippen LogP contribution < -0.4 is 10.6 Å². The molecule has 3 aliphatic rings. The van der Waals surface area contributed by atoms with Crippen LogP contribution in [0, 0.1) is 11.8 Å². The van der Waals surface area contributed by atoms with Gasteiger partial charge in [0, 0.05) is 44.5 Å². The highest BCUT2D eigenvalue weighted by Crippen LogP contribution is 2.41. The Kier molecular flexibility index (Phi) is 5.95. The van der Waals surface area contributed by atoms with Gasteiger partial charge in [-0.1, -0.05) is 6.07 Å². The van der Waals surface area contributed by atoms with Gasteiger partial charge >= 0.3 is 12.2 Å². The standard InChI is InChI=1S/C24H31F3N6O/c1-30(12-16-4-5-20(31-6-2-3-7-31)10-22(16)24(25,26)27)21-8-17-13-32(14-18(17)9-21)23(34)33-15-19(28)11-29-33/h4-5,10-11,15,17-18,21H,2-3,6-9,12-14,28H2,1H3. The number of nitrogens with zero attached hydrogens (tertiary/aromatic N) is 5. The van der Waals surface area contributed by atoms with E-state index in [0.717, 1.165) is 38.8 Å². The maximum atomic E-state index is 13.9. The van der Waals surface area contributed by atoms with Gasteiger partial charge in [0.05, 0.1) is 23.6 Å². The number of nitrogens with two attached hydrogens (primary N) is 1. The van der Waals surface area contributed by atoms with Crippen LogP contribution in [-0.2, 0) is 12.7 Å². The average molecular weight is 477 g/mol. The van der Waals surface area contributed by atoms with E-state index in [0.29, 0.717) is 41.9 Å². The first kappa shape index (κ1) is 23.0. The van der Waals surface area contributed by atoms with Gasteiger partial charge in [-0.2, -0.15) is 23.0 Å². The molecule has 3 heterocycles. The molecule has 0 spiro atoms. The molecule has 2 atom stereocenters.